The molecule has 0 aliphatic carbocycles. The molecule has 3 aromatic rings. The number of benzene rings is 2. The Morgan fingerprint density at radius 3 is 2.47 bits per heavy atom. The smallest absolute Gasteiger partial charge is 0.251 e. The molecule has 1 aromatic heterocycles. The van der Waals surface area contributed by atoms with Crippen LogP contribution in [0.5, 0.6) is 17.2 Å². The zero-order valence-electron chi connectivity index (χ0n) is 20.4. The van der Waals surface area contributed by atoms with Crippen LogP contribution >= 0.6 is 0 Å². The van der Waals surface area contributed by atoms with Gasteiger partial charge in [0.15, 0.2) is 17.3 Å². The number of ether oxygens (including phenoxy) is 3. The molecule has 3 N–H and O–H groups in total. The summed E-state index contributed by atoms with van der Waals surface area (Å²) in [6.45, 7) is 3.57. The van der Waals surface area contributed by atoms with Crippen LogP contribution in [-0.2, 0) is 6.61 Å². The number of hydrogen-bond donors (Lipinski definition) is 3. The zero-order chi connectivity index (χ0) is 25.5. The number of nitrogens with zero attached hydrogens (tertiary/aromatic N) is 3. The monoisotopic (exact) mass is 496 g/mol. The molecule has 1 aliphatic rings. The fourth-order valence-corrected chi connectivity index (χ4v) is 3.85. The maximum Gasteiger partial charge on any atom is 0.251 e. The Morgan fingerprint density at radius 2 is 1.81 bits per heavy atom. The first-order valence-electron chi connectivity index (χ1n) is 11.5. The summed E-state index contributed by atoms with van der Waals surface area (Å²) < 4.78 is 30.9. The Balaban J connectivity index is 1.42. The van der Waals surface area contributed by atoms with Crippen molar-refractivity contribution in [3.63, 3.8) is 0 Å². The van der Waals surface area contributed by atoms with Crippen molar-refractivity contribution in [2.24, 2.45) is 0 Å². The van der Waals surface area contributed by atoms with Crippen molar-refractivity contribution >= 4 is 23.2 Å². The first-order chi connectivity index (χ1) is 17.5. The van der Waals surface area contributed by atoms with E-state index in [2.05, 4.69) is 30.8 Å². The lowest BCUT2D eigenvalue weighted by Crippen LogP contribution is -2.43. The average molecular weight is 497 g/mol. The third kappa shape index (κ3) is 5.74. The van der Waals surface area contributed by atoms with Crippen molar-refractivity contribution in [3.05, 3.63) is 59.7 Å². The highest BCUT2D eigenvalue weighted by Gasteiger charge is 2.17. The third-order valence-corrected chi connectivity index (χ3v) is 5.74. The molecular weight excluding hydrogens is 467 g/mol. The van der Waals surface area contributed by atoms with Gasteiger partial charge in [-0.15, -0.1) is 0 Å². The number of amides is 1. The van der Waals surface area contributed by atoms with Gasteiger partial charge in [-0.3, -0.25) is 4.79 Å². The molecule has 1 aliphatic heterocycles. The molecule has 36 heavy (non-hydrogen) atoms. The second-order valence-electron chi connectivity index (χ2n) is 8.01. The van der Waals surface area contributed by atoms with Gasteiger partial charge in [-0.25, -0.2) is 14.4 Å². The van der Waals surface area contributed by atoms with Crippen molar-refractivity contribution in [2.45, 2.75) is 6.61 Å². The molecule has 1 amide bonds. The lowest BCUT2D eigenvalue weighted by atomic mass is 10.1. The van der Waals surface area contributed by atoms with Crippen molar-refractivity contribution in [1.29, 1.82) is 0 Å². The molecule has 2 aromatic carbocycles. The summed E-state index contributed by atoms with van der Waals surface area (Å²) in [7, 11) is 4.48. The van der Waals surface area contributed by atoms with Gasteiger partial charge in [0.2, 0.25) is 5.95 Å². The largest absolute Gasteiger partial charge is 0.495 e. The van der Waals surface area contributed by atoms with Gasteiger partial charge in [-0.05, 0) is 24.3 Å². The summed E-state index contributed by atoms with van der Waals surface area (Å²) >= 11 is 0. The molecule has 0 radical (unpaired) electrons. The topological polar surface area (TPSA) is 110 Å². The minimum atomic E-state index is -0.595. The number of rotatable bonds is 9. The van der Waals surface area contributed by atoms with E-state index in [1.807, 2.05) is 18.2 Å². The normalized spacial score (nSPS) is 13.2. The second kappa shape index (κ2) is 11.5. The van der Waals surface area contributed by atoms with Crippen LogP contribution < -0.4 is 35.1 Å². The van der Waals surface area contributed by atoms with E-state index in [1.54, 1.807) is 7.11 Å². The minimum Gasteiger partial charge on any atom is -0.495 e. The van der Waals surface area contributed by atoms with Crippen LogP contribution in [0.3, 0.4) is 0 Å². The van der Waals surface area contributed by atoms with Crippen LogP contribution in [0.1, 0.15) is 15.9 Å². The molecule has 2 heterocycles. The number of hydrogen-bond acceptors (Lipinski definition) is 9. The Bertz CT molecular complexity index is 1200. The predicted octanol–water partition coefficient (Wildman–Crippen LogP) is 2.72. The fraction of sp³-hybridized carbons (Fsp3) is 0.320. The molecule has 0 atom stereocenters. The quantitative estimate of drug-likeness (QED) is 0.412. The van der Waals surface area contributed by atoms with E-state index in [0.29, 0.717) is 11.7 Å². The number of halogens is 1. The summed E-state index contributed by atoms with van der Waals surface area (Å²) in [6, 6.07) is 8.63. The summed E-state index contributed by atoms with van der Waals surface area (Å²) in [5, 5.41) is 9.00. The molecule has 0 bridgehead atoms. The first-order valence-corrected chi connectivity index (χ1v) is 11.5. The van der Waals surface area contributed by atoms with Gasteiger partial charge < -0.3 is 35.1 Å². The van der Waals surface area contributed by atoms with E-state index in [4.69, 9.17) is 14.2 Å². The molecular formula is C25H29FN6O4. The van der Waals surface area contributed by atoms with Crippen molar-refractivity contribution in [2.75, 3.05) is 57.7 Å². The molecule has 1 saturated heterocycles. The number of anilines is 3. The predicted molar refractivity (Wildman–Crippen MR) is 134 cm³/mol. The van der Waals surface area contributed by atoms with E-state index in [0.717, 1.165) is 43.3 Å². The van der Waals surface area contributed by atoms with Crippen LogP contribution in [0.15, 0.2) is 42.7 Å². The maximum atomic E-state index is 14.6. The maximum absolute atomic E-state index is 14.6. The zero-order valence-corrected chi connectivity index (χ0v) is 20.4. The summed E-state index contributed by atoms with van der Waals surface area (Å²) in [4.78, 5) is 22.8. The molecule has 11 heteroatoms. The highest BCUT2D eigenvalue weighted by atomic mass is 19.1. The number of aromatic nitrogens is 2. The summed E-state index contributed by atoms with van der Waals surface area (Å²) in [6.07, 6.45) is 2.97. The van der Waals surface area contributed by atoms with Crippen LogP contribution in [0.2, 0.25) is 0 Å². The van der Waals surface area contributed by atoms with Gasteiger partial charge in [0.1, 0.15) is 12.4 Å². The average Bonchev–Trinajstić information content (AvgIpc) is 2.93. The molecule has 1 fully saturated rings. The van der Waals surface area contributed by atoms with Gasteiger partial charge >= 0.3 is 0 Å². The van der Waals surface area contributed by atoms with E-state index in [9.17, 15) is 9.18 Å². The number of nitrogens with one attached hydrogen (secondary N) is 3. The van der Waals surface area contributed by atoms with Crippen LogP contribution in [0.25, 0.3) is 0 Å². The highest BCUT2D eigenvalue weighted by molar-refractivity contribution is 5.94. The number of methoxy groups -OCH3 is 2. The highest BCUT2D eigenvalue weighted by Crippen LogP contribution is 2.32. The second-order valence-corrected chi connectivity index (χ2v) is 8.01. The van der Waals surface area contributed by atoms with Gasteiger partial charge in [0.05, 0.1) is 32.3 Å². The van der Waals surface area contributed by atoms with Gasteiger partial charge in [0.25, 0.3) is 5.91 Å². The molecule has 10 nitrogen and oxygen atoms in total. The van der Waals surface area contributed by atoms with Crippen LogP contribution in [-0.4, -0.2) is 63.3 Å². The Labute approximate surface area is 208 Å². The van der Waals surface area contributed by atoms with Gasteiger partial charge in [-0.1, -0.05) is 0 Å². The SMILES string of the molecule is CNC(=O)c1cc(COc2cnc(Nc3ccc(N4CCNCC4)c(OC)c3)nc2)c(F)c(OC)c1. The third-order valence-electron chi connectivity index (χ3n) is 5.74. The van der Waals surface area contributed by atoms with E-state index < -0.39 is 5.82 Å². The molecule has 190 valence electrons. The van der Waals surface area contributed by atoms with Crippen molar-refractivity contribution < 1.29 is 23.4 Å². The Hall–Kier alpha value is -4.12. The molecule has 4 rings (SSSR count). The van der Waals surface area contributed by atoms with E-state index in [-0.39, 0.29) is 29.4 Å². The van der Waals surface area contributed by atoms with Crippen molar-refractivity contribution in [1.82, 2.24) is 20.6 Å². The number of carbonyl (C=O) groups is 1. The summed E-state index contributed by atoms with van der Waals surface area (Å²) in [5.41, 5.74) is 2.26. The minimum absolute atomic E-state index is 0.0381. The van der Waals surface area contributed by atoms with Gasteiger partial charge in [0, 0.05) is 56.1 Å². The van der Waals surface area contributed by atoms with Crippen LogP contribution in [0, 0.1) is 5.82 Å². The van der Waals surface area contributed by atoms with Gasteiger partial charge in [-0.2, -0.15) is 0 Å². The standard InChI is InChI=1S/C25H29FN6O4/c1-27-24(33)16-10-17(23(26)22(11-16)35-3)15-36-19-13-29-25(30-14-19)31-18-4-5-20(21(12-18)34-2)32-8-6-28-7-9-32/h4-5,10-14,28H,6-9,15H2,1-3H3,(H,27,33)(H,29,30,31). The van der Waals surface area contributed by atoms with E-state index >= 15 is 0 Å². The summed E-state index contributed by atoms with van der Waals surface area (Å²) in [5.74, 6) is 0.486. The fourth-order valence-electron chi connectivity index (χ4n) is 3.85. The lowest BCUT2D eigenvalue weighted by molar-refractivity contribution is 0.0962. The molecule has 0 unspecified atom stereocenters. The van der Waals surface area contributed by atoms with E-state index in [1.165, 1.54) is 38.7 Å². The van der Waals surface area contributed by atoms with Crippen LogP contribution in [0.4, 0.5) is 21.7 Å². The Morgan fingerprint density at radius 1 is 1.08 bits per heavy atom. The molecule has 0 saturated carbocycles. The first kappa shape index (κ1) is 25.0. The molecule has 0 spiro atoms. The van der Waals surface area contributed by atoms with Crippen molar-refractivity contribution in [3.8, 4) is 17.2 Å². The lowest BCUT2D eigenvalue weighted by Gasteiger charge is -2.30. The Kier molecular flexibility index (Phi) is 8.01. The number of carbonyl (C=O) groups excluding carboxylic acids is 1. The number of piperazine rings is 1.